The zero-order chi connectivity index (χ0) is 20.3. The first-order valence-corrected chi connectivity index (χ1v) is 9.19. The smallest absolute Gasteiger partial charge is 0.353 e. The number of fused-ring (bicyclic) bond motifs is 6. The van der Waals surface area contributed by atoms with Crippen LogP contribution in [0.5, 0.6) is 0 Å². The standard InChI is InChI=1S/C21H16N4O4/c1-12-6-5-9-14-17(12)24-15(26)10-11-21(24,20(28)29)25-18(14)22-19(27)16(23-25)13-7-3-2-4-8-13/h2-9H,10-11H2,1H3,(H,28,29)/t21-/m0/s1. The zero-order valence-corrected chi connectivity index (χ0v) is 15.5. The van der Waals surface area contributed by atoms with Crippen LogP contribution in [0.2, 0.25) is 0 Å². The van der Waals surface area contributed by atoms with Crippen LogP contribution in [0, 0.1) is 6.92 Å². The van der Waals surface area contributed by atoms with Crippen LogP contribution in [0.25, 0.3) is 22.6 Å². The van der Waals surface area contributed by atoms with Crippen molar-refractivity contribution < 1.29 is 14.7 Å². The molecule has 0 unspecified atom stereocenters. The summed E-state index contributed by atoms with van der Waals surface area (Å²) in [6, 6.07) is 14.1. The van der Waals surface area contributed by atoms with E-state index in [9.17, 15) is 19.5 Å². The Morgan fingerprint density at radius 2 is 1.86 bits per heavy atom. The highest BCUT2D eigenvalue weighted by Gasteiger charge is 2.59. The summed E-state index contributed by atoms with van der Waals surface area (Å²) in [7, 11) is 0. The fraction of sp³-hybridized carbons (Fsp3) is 0.190. The highest BCUT2D eigenvalue weighted by Crippen LogP contribution is 2.49. The fourth-order valence-electron chi connectivity index (χ4n) is 4.25. The first kappa shape index (κ1) is 17.3. The Kier molecular flexibility index (Phi) is 3.48. The van der Waals surface area contributed by atoms with E-state index in [1.165, 1.54) is 9.58 Å². The molecule has 1 fully saturated rings. The van der Waals surface area contributed by atoms with Gasteiger partial charge in [-0.25, -0.2) is 9.48 Å². The van der Waals surface area contributed by atoms with Gasteiger partial charge in [0, 0.05) is 24.0 Å². The Bertz CT molecular complexity index is 1250. The second kappa shape index (κ2) is 5.84. The molecule has 1 aromatic heterocycles. The van der Waals surface area contributed by atoms with Crippen molar-refractivity contribution in [3.8, 4) is 22.6 Å². The average molecular weight is 388 g/mol. The molecule has 2 aliphatic rings. The number of anilines is 1. The van der Waals surface area contributed by atoms with Crippen LogP contribution in [0.4, 0.5) is 5.69 Å². The third-order valence-corrected chi connectivity index (χ3v) is 5.56. The molecule has 0 aliphatic carbocycles. The molecule has 1 atom stereocenters. The number of aliphatic carboxylic acids is 1. The fourth-order valence-corrected chi connectivity index (χ4v) is 4.25. The number of benzene rings is 2. The Hall–Kier alpha value is -3.81. The number of para-hydroxylation sites is 1. The number of amides is 1. The van der Waals surface area contributed by atoms with Gasteiger partial charge in [0.05, 0.1) is 5.69 Å². The highest BCUT2D eigenvalue weighted by molar-refractivity contribution is 6.08. The number of aryl methyl sites for hydroxylation is 1. The molecule has 8 heteroatoms. The number of carboxylic acids is 1. The van der Waals surface area contributed by atoms with Crippen LogP contribution in [0.15, 0.2) is 53.3 Å². The molecule has 0 spiro atoms. The van der Waals surface area contributed by atoms with Gasteiger partial charge in [-0.3, -0.25) is 14.5 Å². The van der Waals surface area contributed by atoms with E-state index in [1.807, 2.05) is 6.07 Å². The van der Waals surface area contributed by atoms with E-state index in [0.29, 0.717) is 16.8 Å². The molecule has 1 amide bonds. The second-order valence-electron chi connectivity index (χ2n) is 7.19. The first-order chi connectivity index (χ1) is 13.9. The van der Waals surface area contributed by atoms with Gasteiger partial charge >= 0.3 is 5.97 Å². The van der Waals surface area contributed by atoms with Gasteiger partial charge in [-0.05, 0) is 18.6 Å². The van der Waals surface area contributed by atoms with Gasteiger partial charge in [0.2, 0.25) is 11.6 Å². The SMILES string of the molecule is Cc1cccc2c1N1C(=O)CC[C@@]1(C(=O)O)n1nc(-c3ccccc3)c(=O)nc1-2. The summed E-state index contributed by atoms with van der Waals surface area (Å²) in [4.78, 5) is 43.7. The number of hydrogen-bond donors (Lipinski definition) is 1. The first-order valence-electron chi connectivity index (χ1n) is 9.19. The second-order valence-corrected chi connectivity index (χ2v) is 7.19. The lowest BCUT2D eigenvalue weighted by molar-refractivity contribution is -0.148. The summed E-state index contributed by atoms with van der Waals surface area (Å²) >= 11 is 0. The summed E-state index contributed by atoms with van der Waals surface area (Å²) < 4.78 is 1.24. The lowest BCUT2D eigenvalue weighted by Crippen LogP contribution is -2.58. The molecule has 5 rings (SSSR count). The predicted molar refractivity (Wildman–Crippen MR) is 104 cm³/mol. The number of rotatable bonds is 2. The lowest BCUT2D eigenvalue weighted by Gasteiger charge is -2.41. The van der Waals surface area contributed by atoms with Crippen molar-refractivity contribution in [3.05, 3.63) is 64.4 Å². The molecule has 0 radical (unpaired) electrons. The summed E-state index contributed by atoms with van der Waals surface area (Å²) in [5, 5.41) is 14.7. The molecule has 0 bridgehead atoms. The minimum atomic E-state index is -1.75. The van der Waals surface area contributed by atoms with E-state index in [4.69, 9.17) is 0 Å². The van der Waals surface area contributed by atoms with E-state index >= 15 is 0 Å². The van der Waals surface area contributed by atoms with Gasteiger partial charge in [0.1, 0.15) is 0 Å². The molecule has 1 saturated heterocycles. The number of carboxylic acid groups (broad SMARTS) is 1. The van der Waals surface area contributed by atoms with Crippen molar-refractivity contribution in [1.82, 2.24) is 14.8 Å². The summed E-state index contributed by atoms with van der Waals surface area (Å²) in [6.45, 7) is 1.80. The summed E-state index contributed by atoms with van der Waals surface area (Å²) in [5.41, 5.74) is -0.00304. The monoisotopic (exact) mass is 388 g/mol. The Morgan fingerprint density at radius 3 is 2.59 bits per heavy atom. The van der Waals surface area contributed by atoms with Crippen molar-refractivity contribution >= 4 is 17.6 Å². The molecule has 3 heterocycles. The van der Waals surface area contributed by atoms with Crippen molar-refractivity contribution in [3.63, 3.8) is 0 Å². The van der Waals surface area contributed by atoms with Crippen LogP contribution in [-0.2, 0) is 15.3 Å². The average Bonchev–Trinajstić information content (AvgIpc) is 3.07. The van der Waals surface area contributed by atoms with E-state index in [1.54, 1.807) is 49.4 Å². The minimum absolute atomic E-state index is 0.0354. The molecular weight excluding hydrogens is 372 g/mol. The van der Waals surface area contributed by atoms with E-state index in [0.717, 1.165) is 5.56 Å². The maximum atomic E-state index is 12.8. The number of carbonyl (C=O) groups excluding carboxylic acids is 1. The molecule has 144 valence electrons. The van der Waals surface area contributed by atoms with E-state index < -0.39 is 17.2 Å². The molecular formula is C21H16N4O4. The zero-order valence-electron chi connectivity index (χ0n) is 15.5. The summed E-state index contributed by atoms with van der Waals surface area (Å²) in [6.07, 6.45) is 0.0989. The molecule has 29 heavy (non-hydrogen) atoms. The Balaban J connectivity index is 1.91. The van der Waals surface area contributed by atoms with Gasteiger partial charge < -0.3 is 5.11 Å². The van der Waals surface area contributed by atoms with Crippen LogP contribution < -0.4 is 10.5 Å². The van der Waals surface area contributed by atoms with Crippen molar-refractivity contribution in [2.45, 2.75) is 25.4 Å². The lowest BCUT2D eigenvalue weighted by atomic mass is 9.97. The van der Waals surface area contributed by atoms with E-state index in [2.05, 4.69) is 10.1 Å². The third-order valence-electron chi connectivity index (χ3n) is 5.56. The van der Waals surface area contributed by atoms with Crippen molar-refractivity contribution in [2.24, 2.45) is 0 Å². The van der Waals surface area contributed by atoms with Crippen molar-refractivity contribution in [2.75, 3.05) is 4.90 Å². The molecule has 3 aromatic rings. The van der Waals surface area contributed by atoms with E-state index in [-0.39, 0.29) is 30.3 Å². The number of nitrogens with zero attached hydrogens (tertiary/aromatic N) is 4. The number of aromatic nitrogens is 3. The van der Waals surface area contributed by atoms with Crippen LogP contribution in [-0.4, -0.2) is 31.7 Å². The minimum Gasteiger partial charge on any atom is -0.478 e. The maximum Gasteiger partial charge on any atom is 0.353 e. The number of hydrogen-bond acceptors (Lipinski definition) is 5. The topological polar surface area (TPSA) is 105 Å². The van der Waals surface area contributed by atoms with Gasteiger partial charge in [0.15, 0.2) is 11.5 Å². The van der Waals surface area contributed by atoms with Crippen LogP contribution in [0.1, 0.15) is 18.4 Å². The van der Waals surface area contributed by atoms with Gasteiger partial charge in [0.25, 0.3) is 5.56 Å². The quantitative estimate of drug-likeness (QED) is 0.721. The third kappa shape index (κ3) is 2.16. The molecule has 1 N–H and O–H groups in total. The largest absolute Gasteiger partial charge is 0.478 e. The van der Waals surface area contributed by atoms with Crippen LogP contribution >= 0.6 is 0 Å². The van der Waals surface area contributed by atoms with Crippen molar-refractivity contribution in [1.29, 1.82) is 0 Å². The van der Waals surface area contributed by atoms with Gasteiger partial charge in [-0.2, -0.15) is 10.1 Å². The predicted octanol–water partition coefficient (Wildman–Crippen LogP) is 2.16. The molecule has 2 aliphatic heterocycles. The van der Waals surface area contributed by atoms with Crippen LogP contribution in [0.3, 0.4) is 0 Å². The van der Waals surface area contributed by atoms with Gasteiger partial charge in [-0.15, -0.1) is 0 Å². The Labute approximate surface area is 165 Å². The summed E-state index contributed by atoms with van der Waals surface area (Å²) in [5.74, 6) is -1.35. The molecule has 2 aromatic carbocycles. The highest BCUT2D eigenvalue weighted by atomic mass is 16.4. The number of carbonyl (C=O) groups is 2. The molecule has 8 nitrogen and oxygen atoms in total. The Morgan fingerprint density at radius 1 is 1.10 bits per heavy atom. The maximum absolute atomic E-state index is 12.8. The molecule has 0 saturated carbocycles. The van der Waals surface area contributed by atoms with Gasteiger partial charge in [-0.1, -0.05) is 42.5 Å². The normalized spacial score (nSPS) is 19.5.